The van der Waals surface area contributed by atoms with Crippen LogP contribution in [0.5, 0.6) is 0 Å². The maximum absolute atomic E-state index is 11.0. The summed E-state index contributed by atoms with van der Waals surface area (Å²) in [6.07, 6.45) is 0. The van der Waals surface area contributed by atoms with Crippen LogP contribution in [0, 0.1) is 10.1 Å². The van der Waals surface area contributed by atoms with E-state index >= 15 is 0 Å². The summed E-state index contributed by atoms with van der Waals surface area (Å²) in [6, 6.07) is 2.51. The second-order valence-electron chi connectivity index (χ2n) is 2.60. The van der Waals surface area contributed by atoms with E-state index in [1.165, 1.54) is 19.1 Å². The third-order valence-electron chi connectivity index (χ3n) is 1.61. The first kappa shape index (κ1) is 11.1. The molecule has 0 aliphatic rings. The van der Waals surface area contributed by atoms with Gasteiger partial charge in [-0.2, -0.15) is 0 Å². The van der Waals surface area contributed by atoms with E-state index < -0.39 is 4.92 Å². The van der Waals surface area contributed by atoms with Crippen molar-refractivity contribution in [3.8, 4) is 0 Å². The summed E-state index contributed by atoms with van der Waals surface area (Å²) in [6.45, 7) is 1.36. The molecular weight excluding hydrogens is 273 g/mol. The molecule has 0 saturated heterocycles. The van der Waals surface area contributed by atoms with Gasteiger partial charge in [-0.15, -0.1) is 0 Å². The lowest BCUT2D eigenvalue weighted by atomic mass is 10.1. The Morgan fingerprint density at radius 3 is 2.57 bits per heavy atom. The van der Waals surface area contributed by atoms with E-state index in [1.54, 1.807) is 0 Å². The zero-order chi connectivity index (χ0) is 10.9. The first-order valence-corrected chi connectivity index (χ1v) is 4.75. The number of hydrogen-bond acceptors (Lipinski definition) is 3. The van der Waals surface area contributed by atoms with Crippen LogP contribution in [0.4, 0.5) is 5.69 Å². The summed E-state index contributed by atoms with van der Waals surface area (Å²) in [5.41, 5.74) is 0.115. The molecule has 1 aromatic rings. The average molecular weight is 278 g/mol. The largest absolute Gasteiger partial charge is 0.294 e. The van der Waals surface area contributed by atoms with Crippen molar-refractivity contribution in [2.45, 2.75) is 6.92 Å². The van der Waals surface area contributed by atoms with Gasteiger partial charge in [-0.25, -0.2) is 0 Å². The van der Waals surface area contributed by atoms with Crippen LogP contribution in [0.3, 0.4) is 0 Å². The van der Waals surface area contributed by atoms with Crippen molar-refractivity contribution in [2.24, 2.45) is 0 Å². The number of nitrogens with zero attached hydrogens (tertiary/aromatic N) is 1. The van der Waals surface area contributed by atoms with Gasteiger partial charge in [-0.1, -0.05) is 11.6 Å². The van der Waals surface area contributed by atoms with Crippen molar-refractivity contribution in [1.82, 2.24) is 0 Å². The van der Waals surface area contributed by atoms with Crippen LogP contribution < -0.4 is 0 Å². The Morgan fingerprint density at radius 2 is 2.14 bits per heavy atom. The van der Waals surface area contributed by atoms with Crippen molar-refractivity contribution in [1.29, 1.82) is 0 Å². The lowest BCUT2D eigenvalue weighted by Crippen LogP contribution is -1.96. The number of nitro benzene ring substituents is 1. The van der Waals surface area contributed by atoms with Crippen molar-refractivity contribution >= 4 is 39.0 Å². The summed E-state index contributed by atoms with van der Waals surface area (Å²) in [4.78, 5) is 20.9. The molecule has 0 spiro atoms. The molecule has 0 heterocycles. The number of Topliss-reactive ketones (excluding diaryl/α,β-unsaturated/α-hetero) is 1. The molecule has 0 saturated carbocycles. The van der Waals surface area contributed by atoms with Crippen LogP contribution >= 0.6 is 27.5 Å². The highest BCUT2D eigenvalue weighted by molar-refractivity contribution is 9.10. The van der Waals surface area contributed by atoms with E-state index in [2.05, 4.69) is 15.9 Å². The Hall–Kier alpha value is -0.940. The first-order valence-electron chi connectivity index (χ1n) is 3.58. The fourth-order valence-electron chi connectivity index (χ4n) is 0.946. The van der Waals surface area contributed by atoms with Gasteiger partial charge in [0.15, 0.2) is 5.78 Å². The number of nitro groups is 1. The predicted molar refractivity (Wildman–Crippen MR) is 55.8 cm³/mol. The van der Waals surface area contributed by atoms with Crippen molar-refractivity contribution in [3.63, 3.8) is 0 Å². The lowest BCUT2D eigenvalue weighted by molar-refractivity contribution is -0.384. The molecule has 0 atom stereocenters. The van der Waals surface area contributed by atoms with Crippen molar-refractivity contribution < 1.29 is 9.72 Å². The van der Waals surface area contributed by atoms with Crippen LogP contribution in [0.1, 0.15) is 17.3 Å². The topological polar surface area (TPSA) is 60.2 Å². The molecule has 0 unspecified atom stereocenters. The van der Waals surface area contributed by atoms with Crippen LogP contribution in [0.2, 0.25) is 5.02 Å². The second-order valence-corrected chi connectivity index (χ2v) is 3.86. The maximum atomic E-state index is 11.0. The Balaban J connectivity index is 3.38. The van der Waals surface area contributed by atoms with E-state index in [0.29, 0.717) is 10.0 Å². The summed E-state index contributed by atoms with van der Waals surface area (Å²) in [7, 11) is 0. The number of carbonyl (C=O) groups excluding carboxylic acids is 1. The SMILES string of the molecule is CC(=O)c1cc(Cl)c([N+](=O)[O-])cc1Br. The highest BCUT2D eigenvalue weighted by atomic mass is 79.9. The molecule has 6 heteroatoms. The molecule has 0 aliphatic heterocycles. The van der Waals surface area contributed by atoms with E-state index in [1.807, 2.05) is 0 Å². The first-order chi connectivity index (χ1) is 6.43. The zero-order valence-corrected chi connectivity index (χ0v) is 9.42. The molecule has 0 fully saturated rings. The maximum Gasteiger partial charge on any atom is 0.289 e. The fourth-order valence-corrected chi connectivity index (χ4v) is 1.79. The quantitative estimate of drug-likeness (QED) is 0.474. The minimum Gasteiger partial charge on any atom is -0.294 e. The van der Waals surface area contributed by atoms with Gasteiger partial charge in [0.05, 0.1) is 4.92 Å². The van der Waals surface area contributed by atoms with Gasteiger partial charge in [0.2, 0.25) is 0 Å². The number of carbonyl (C=O) groups is 1. The van der Waals surface area contributed by atoms with E-state index in [0.717, 1.165) is 0 Å². The third-order valence-corrected chi connectivity index (χ3v) is 2.57. The summed E-state index contributed by atoms with van der Waals surface area (Å²) < 4.78 is 0.376. The number of ketones is 1. The Bertz CT molecular complexity index is 380. The molecule has 0 bridgehead atoms. The molecule has 0 radical (unpaired) electrons. The van der Waals surface area contributed by atoms with E-state index in [-0.39, 0.29) is 16.5 Å². The Labute approximate surface area is 93.1 Å². The molecule has 0 N–H and O–H groups in total. The zero-order valence-electron chi connectivity index (χ0n) is 7.08. The molecule has 1 aromatic carbocycles. The summed E-state index contributed by atoms with van der Waals surface area (Å²) in [5, 5.41) is 10.4. The van der Waals surface area contributed by atoms with Crippen molar-refractivity contribution in [3.05, 3.63) is 37.3 Å². The van der Waals surface area contributed by atoms with Gasteiger partial charge in [-0.3, -0.25) is 14.9 Å². The van der Waals surface area contributed by atoms with E-state index in [4.69, 9.17) is 11.6 Å². The molecule has 0 aliphatic carbocycles. The second kappa shape index (κ2) is 4.06. The number of benzene rings is 1. The smallest absolute Gasteiger partial charge is 0.289 e. The minimum atomic E-state index is -0.600. The highest BCUT2D eigenvalue weighted by Gasteiger charge is 2.17. The standard InChI is InChI=1S/C8H5BrClNO3/c1-4(12)5-2-7(10)8(11(13)14)3-6(5)9/h2-3H,1H3. The molecule has 0 aromatic heterocycles. The Kier molecular flexibility index (Phi) is 3.23. The number of hydrogen-bond donors (Lipinski definition) is 0. The average Bonchev–Trinajstić information content (AvgIpc) is 2.07. The number of halogens is 2. The molecule has 1 rings (SSSR count). The van der Waals surface area contributed by atoms with Crippen LogP contribution in [-0.4, -0.2) is 10.7 Å². The minimum absolute atomic E-state index is 0.0385. The monoisotopic (exact) mass is 277 g/mol. The summed E-state index contributed by atoms with van der Waals surface area (Å²) in [5.74, 6) is -0.200. The van der Waals surface area contributed by atoms with Gasteiger partial charge in [0.1, 0.15) is 5.02 Å². The molecule has 14 heavy (non-hydrogen) atoms. The van der Waals surface area contributed by atoms with Gasteiger partial charge < -0.3 is 0 Å². The van der Waals surface area contributed by atoms with Gasteiger partial charge in [0.25, 0.3) is 5.69 Å². The van der Waals surface area contributed by atoms with Gasteiger partial charge >= 0.3 is 0 Å². The fraction of sp³-hybridized carbons (Fsp3) is 0.125. The van der Waals surface area contributed by atoms with E-state index in [9.17, 15) is 14.9 Å². The number of rotatable bonds is 2. The molecule has 0 amide bonds. The van der Waals surface area contributed by atoms with Gasteiger partial charge in [0, 0.05) is 16.1 Å². The molecule has 4 nitrogen and oxygen atoms in total. The van der Waals surface area contributed by atoms with Crippen LogP contribution in [0.25, 0.3) is 0 Å². The normalized spacial score (nSPS) is 9.93. The third kappa shape index (κ3) is 2.10. The highest BCUT2D eigenvalue weighted by Crippen LogP contribution is 2.31. The van der Waals surface area contributed by atoms with Gasteiger partial charge in [-0.05, 0) is 28.9 Å². The van der Waals surface area contributed by atoms with Crippen LogP contribution in [-0.2, 0) is 0 Å². The molecular formula is C8H5BrClNO3. The Morgan fingerprint density at radius 1 is 1.57 bits per heavy atom. The predicted octanol–water partition coefficient (Wildman–Crippen LogP) is 3.21. The summed E-state index contributed by atoms with van der Waals surface area (Å²) >= 11 is 8.69. The van der Waals surface area contributed by atoms with Crippen molar-refractivity contribution in [2.75, 3.05) is 0 Å². The lowest BCUT2D eigenvalue weighted by Gasteiger charge is -2.01. The van der Waals surface area contributed by atoms with Crippen LogP contribution in [0.15, 0.2) is 16.6 Å². The molecule has 74 valence electrons.